The van der Waals surface area contributed by atoms with Crippen molar-refractivity contribution in [2.75, 3.05) is 6.54 Å². The van der Waals surface area contributed by atoms with Crippen LogP contribution in [0.25, 0.3) is 11.0 Å². The lowest BCUT2D eigenvalue weighted by Gasteiger charge is -2.05. The van der Waals surface area contributed by atoms with Crippen molar-refractivity contribution in [3.63, 3.8) is 0 Å². The highest BCUT2D eigenvalue weighted by atomic mass is 16.1. The Kier molecular flexibility index (Phi) is 4.18. The van der Waals surface area contributed by atoms with Gasteiger partial charge in [-0.3, -0.25) is 9.89 Å². The number of nitrogens with one attached hydrogen (secondary N) is 2. The summed E-state index contributed by atoms with van der Waals surface area (Å²) >= 11 is 0. The first-order valence-corrected chi connectivity index (χ1v) is 7.50. The van der Waals surface area contributed by atoms with Gasteiger partial charge in [-0.1, -0.05) is 19.1 Å². The van der Waals surface area contributed by atoms with Crippen LogP contribution < -0.4 is 5.32 Å². The average molecular weight is 297 g/mol. The summed E-state index contributed by atoms with van der Waals surface area (Å²) in [4.78, 5) is 16.3. The van der Waals surface area contributed by atoms with Crippen molar-refractivity contribution < 1.29 is 4.79 Å². The van der Waals surface area contributed by atoms with E-state index >= 15 is 0 Å². The van der Waals surface area contributed by atoms with E-state index in [1.807, 2.05) is 31.5 Å². The molecule has 0 aliphatic carbocycles. The number of nitrogens with zero attached hydrogens (tertiary/aromatic N) is 3. The molecule has 6 nitrogen and oxygen atoms in total. The number of amides is 1. The van der Waals surface area contributed by atoms with Crippen LogP contribution in [0.3, 0.4) is 0 Å². The molecule has 0 radical (unpaired) electrons. The number of aryl methyl sites for hydroxylation is 2. The van der Waals surface area contributed by atoms with Crippen LogP contribution in [-0.4, -0.2) is 32.2 Å². The fourth-order valence-electron chi connectivity index (χ4n) is 2.39. The molecular weight excluding hydrogens is 278 g/mol. The van der Waals surface area contributed by atoms with Gasteiger partial charge in [0.2, 0.25) is 0 Å². The number of carbonyl (C=O) groups excluding carboxylic acids is 1. The minimum Gasteiger partial charge on any atom is -0.351 e. The van der Waals surface area contributed by atoms with Crippen LogP contribution in [0.1, 0.15) is 29.5 Å². The number of aromatic nitrogens is 4. The Morgan fingerprint density at radius 2 is 2.23 bits per heavy atom. The molecule has 0 unspecified atom stereocenters. The summed E-state index contributed by atoms with van der Waals surface area (Å²) in [6, 6.07) is 9.83. The van der Waals surface area contributed by atoms with E-state index in [0.29, 0.717) is 12.2 Å². The van der Waals surface area contributed by atoms with Crippen molar-refractivity contribution in [2.45, 2.75) is 26.3 Å². The largest absolute Gasteiger partial charge is 0.351 e. The lowest BCUT2D eigenvalue weighted by Crippen LogP contribution is -2.25. The zero-order valence-corrected chi connectivity index (χ0v) is 12.5. The Hall–Kier alpha value is -2.63. The third-order valence-electron chi connectivity index (χ3n) is 3.63. The number of aromatic amines is 1. The van der Waals surface area contributed by atoms with Crippen LogP contribution in [0.15, 0.2) is 36.7 Å². The van der Waals surface area contributed by atoms with E-state index in [9.17, 15) is 4.79 Å². The molecule has 0 aliphatic heterocycles. The lowest BCUT2D eigenvalue weighted by molar-refractivity contribution is 0.0948. The van der Waals surface area contributed by atoms with Gasteiger partial charge in [-0.2, -0.15) is 5.10 Å². The van der Waals surface area contributed by atoms with E-state index in [-0.39, 0.29) is 5.91 Å². The summed E-state index contributed by atoms with van der Waals surface area (Å²) in [6.45, 7) is 3.45. The molecule has 0 atom stereocenters. The Morgan fingerprint density at radius 1 is 1.36 bits per heavy atom. The van der Waals surface area contributed by atoms with Crippen LogP contribution in [0.5, 0.6) is 0 Å². The molecule has 0 saturated heterocycles. The monoisotopic (exact) mass is 297 g/mol. The van der Waals surface area contributed by atoms with Crippen LogP contribution >= 0.6 is 0 Å². The molecule has 2 aromatic heterocycles. The van der Waals surface area contributed by atoms with Gasteiger partial charge < -0.3 is 9.88 Å². The van der Waals surface area contributed by atoms with Crippen molar-refractivity contribution in [3.05, 3.63) is 48.0 Å². The molecule has 114 valence electrons. The van der Waals surface area contributed by atoms with E-state index in [1.165, 1.54) is 0 Å². The molecule has 3 rings (SSSR count). The molecular formula is C16H19N5O. The minimum atomic E-state index is -0.133. The first kappa shape index (κ1) is 14.3. The smallest absolute Gasteiger partial charge is 0.271 e. The van der Waals surface area contributed by atoms with E-state index in [1.54, 1.807) is 6.07 Å². The number of carbonyl (C=O) groups is 1. The normalized spacial score (nSPS) is 11.0. The molecule has 3 aromatic rings. The number of hydrogen-bond acceptors (Lipinski definition) is 3. The number of fused-ring (bicyclic) bond motifs is 1. The summed E-state index contributed by atoms with van der Waals surface area (Å²) in [6.07, 6.45) is 3.53. The van der Waals surface area contributed by atoms with Gasteiger partial charge in [0.1, 0.15) is 5.69 Å². The van der Waals surface area contributed by atoms with E-state index in [2.05, 4.69) is 31.1 Å². The molecule has 2 N–H and O–H groups in total. The topological polar surface area (TPSA) is 75.6 Å². The quantitative estimate of drug-likeness (QED) is 0.684. The predicted molar refractivity (Wildman–Crippen MR) is 84.6 cm³/mol. The van der Waals surface area contributed by atoms with Gasteiger partial charge >= 0.3 is 0 Å². The van der Waals surface area contributed by atoms with Gasteiger partial charge in [0.25, 0.3) is 5.91 Å². The summed E-state index contributed by atoms with van der Waals surface area (Å²) in [5.74, 6) is -0.133. The fraction of sp³-hybridized carbons (Fsp3) is 0.312. The second-order valence-corrected chi connectivity index (χ2v) is 5.17. The predicted octanol–water partition coefficient (Wildman–Crippen LogP) is 2.14. The fourth-order valence-corrected chi connectivity index (χ4v) is 2.39. The number of H-pyrrole nitrogens is 1. The third kappa shape index (κ3) is 3.00. The highest BCUT2D eigenvalue weighted by molar-refractivity contribution is 5.92. The zero-order valence-electron chi connectivity index (χ0n) is 12.5. The van der Waals surface area contributed by atoms with Gasteiger partial charge in [-0.05, 0) is 31.0 Å². The molecule has 6 heteroatoms. The van der Waals surface area contributed by atoms with E-state index < -0.39 is 0 Å². The standard InChI is InChI=1S/C16H19N5O/c1-2-12-10-14(20-19-12)16(22)17-8-5-9-21-11-18-13-6-3-4-7-15(13)21/h3-4,6-7,10-11H,2,5,8-9H2,1H3,(H,17,22)(H,19,20). The molecule has 1 aromatic carbocycles. The maximum atomic E-state index is 11.9. The van der Waals surface area contributed by atoms with Gasteiger partial charge in [0.05, 0.1) is 17.4 Å². The number of hydrogen-bond donors (Lipinski definition) is 2. The molecule has 0 spiro atoms. The maximum absolute atomic E-state index is 11.9. The first-order chi connectivity index (χ1) is 10.8. The van der Waals surface area contributed by atoms with E-state index in [0.717, 1.165) is 36.1 Å². The van der Waals surface area contributed by atoms with Crippen LogP contribution in [0, 0.1) is 0 Å². The van der Waals surface area contributed by atoms with Crippen LogP contribution in [0.2, 0.25) is 0 Å². The van der Waals surface area contributed by atoms with Crippen LogP contribution in [-0.2, 0) is 13.0 Å². The first-order valence-electron chi connectivity index (χ1n) is 7.50. The Morgan fingerprint density at radius 3 is 3.05 bits per heavy atom. The molecule has 1 amide bonds. The maximum Gasteiger partial charge on any atom is 0.271 e. The minimum absolute atomic E-state index is 0.133. The SMILES string of the molecule is CCc1cc(C(=O)NCCCn2cnc3ccccc32)n[nH]1. The summed E-state index contributed by atoms with van der Waals surface area (Å²) in [5.41, 5.74) is 3.53. The summed E-state index contributed by atoms with van der Waals surface area (Å²) in [5, 5.41) is 9.74. The van der Waals surface area contributed by atoms with Gasteiger partial charge in [-0.25, -0.2) is 4.98 Å². The number of benzene rings is 1. The van der Waals surface area contributed by atoms with Crippen molar-refractivity contribution >= 4 is 16.9 Å². The zero-order chi connectivity index (χ0) is 15.4. The third-order valence-corrected chi connectivity index (χ3v) is 3.63. The van der Waals surface area contributed by atoms with Crippen molar-refractivity contribution in [3.8, 4) is 0 Å². The van der Waals surface area contributed by atoms with E-state index in [4.69, 9.17) is 0 Å². The Labute approximate surface area is 128 Å². The van der Waals surface area contributed by atoms with Crippen LogP contribution in [0.4, 0.5) is 0 Å². The number of imidazole rings is 1. The highest BCUT2D eigenvalue weighted by Gasteiger charge is 2.09. The molecule has 0 aliphatic rings. The number of rotatable bonds is 6. The highest BCUT2D eigenvalue weighted by Crippen LogP contribution is 2.11. The second-order valence-electron chi connectivity index (χ2n) is 5.17. The molecule has 0 bridgehead atoms. The summed E-state index contributed by atoms with van der Waals surface area (Å²) < 4.78 is 2.10. The second kappa shape index (κ2) is 6.43. The van der Waals surface area contributed by atoms with Gasteiger partial charge in [-0.15, -0.1) is 0 Å². The van der Waals surface area contributed by atoms with Gasteiger partial charge in [0, 0.05) is 18.8 Å². The van der Waals surface area contributed by atoms with Crippen molar-refractivity contribution in [1.82, 2.24) is 25.1 Å². The Bertz CT molecular complexity index is 774. The van der Waals surface area contributed by atoms with Crippen molar-refractivity contribution in [2.24, 2.45) is 0 Å². The Balaban J connectivity index is 1.50. The molecule has 2 heterocycles. The lowest BCUT2D eigenvalue weighted by atomic mass is 10.3. The molecule has 22 heavy (non-hydrogen) atoms. The molecule has 0 saturated carbocycles. The molecule has 0 fully saturated rings. The van der Waals surface area contributed by atoms with Gasteiger partial charge in [0.15, 0.2) is 0 Å². The number of para-hydroxylation sites is 2. The average Bonchev–Trinajstić information content (AvgIpc) is 3.18. The summed E-state index contributed by atoms with van der Waals surface area (Å²) in [7, 11) is 0. The van der Waals surface area contributed by atoms with Crippen molar-refractivity contribution in [1.29, 1.82) is 0 Å².